The van der Waals surface area contributed by atoms with Gasteiger partial charge in [-0.3, -0.25) is 9.10 Å². The average Bonchev–Trinajstić information content (AvgIpc) is 2.66. The molecule has 0 bridgehead atoms. The minimum Gasteiger partial charge on any atom is -0.486 e. The predicted molar refractivity (Wildman–Crippen MR) is 108 cm³/mol. The smallest absolute Gasteiger partial charge is 0.243 e. The van der Waals surface area contributed by atoms with Crippen molar-refractivity contribution >= 4 is 33.2 Å². The molecule has 1 aliphatic heterocycles. The highest BCUT2D eigenvalue weighted by Crippen LogP contribution is 2.35. The van der Waals surface area contributed by atoms with Gasteiger partial charge in [-0.25, -0.2) is 8.42 Å². The fourth-order valence-electron chi connectivity index (χ4n) is 2.95. The van der Waals surface area contributed by atoms with Crippen molar-refractivity contribution in [3.8, 4) is 11.5 Å². The van der Waals surface area contributed by atoms with Gasteiger partial charge in [0, 0.05) is 17.6 Å². The molecule has 0 unspecified atom stereocenters. The van der Waals surface area contributed by atoms with E-state index in [-0.39, 0.29) is 6.54 Å². The molecular formula is C19H21ClN2O5S. The number of nitrogens with one attached hydrogen (secondary N) is 1. The number of carbonyl (C=O) groups is 1. The van der Waals surface area contributed by atoms with E-state index in [0.717, 1.165) is 16.1 Å². The Labute approximate surface area is 169 Å². The van der Waals surface area contributed by atoms with E-state index in [1.54, 1.807) is 36.4 Å². The van der Waals surface area contributed by atoms with Crippen molar-refractivity contribution in [1.82, 2.24) is 5.32 Å². The van der Waals surface area contributed by atoms with E-state index >= 15 is 0 Å². The van der Waals surface area contributed by atoms with Gasteiger partial charge in [-0.1, -0.05) is 29.8 Å². The van der Waals surface area contributed by atoms with E-state index in [4.69, 9.17) is 21.1 Å². The molecule has 1 aliphatic rings. The van der Waals surface area contributed by atoms with Crippen LogP contribution in [0.25, 0.3) is 0 Å². The number of halogens is 1. The third-order valence-electron chi connectivity index (χ3n) is 4.28. The molecule has 0 radical (unpaired) electrons. The second kappa shape index (κ2) is 8.28. The number of hydrogen-bond donors (Lipinski definition) is 1. The number of anilines is 1. The first-order chi connectivity index (χ1) is 13.3. The van der Waals surface area contributed by atoms with Gasteiger partial charge in [0.2, 0.25) is 15.9 Å². The highest BCUT2D eigenvalue weighted by Gasteiger charge is 2.30. The molecule has 150 valence electrons. The van der Waals surface area contributed by atoms with Gasteiger partial charge in [0.15, 0.2) is 11.5 Å². The summed E-state index contributed by atoms with van der Waals surface area (Å²) in [7, 11) is -3.73. The molecule has 0 spiro atoms. The monoisotopic (exact) mass is 424 g/mol. The summed E-state index contributed by atoms with van der Waals surface area (Å²) in [5.41, 5.74) is 1.07. The van der Waals surface area contributed by atoms with Crippen molar-refractivity contribution in [2.75, 3.05) is 23.8 Å². The first kappa shape index (κ1) is 20.3. The second-order valence-electron chi connectivity index (χ2n) is 6.37. The average molecular weight is 425 g/mol. The molecule has 0 aliphatic carbocycles. The summed E-state index contributed by atoms with van der Waals surface area (Å²) >= 11 is 6.10. The summed E-state index contributed by atoms with van der Waals surface area (Å²) in [5.74, 6) is 0.542. The van der Waals surface area contributed by atoms with Crippen LogP contribution < -0.4 is 19.1 Å². The van der Waals surface area contributed by atoms with Gasteiger partial charge in [-0.2, -0.15) is 0 Å². The lowest BCUT2D eigenvalue weighted by molar-refractivity contribution is -0.122. The summed E-state index contributed by atoms with van der Waals surface area (Å²) in [6, 6.07) is 10.9. The minimum absolute atomic E-state index is 0.196. The zero-order chi connectivity index (χ0) is 20.3. The number of amides is 1. The van der Waals surface area contributed by atoms with Crippen LogP contribution in [-0.4, -0.2) is 39.8 Å². The van der Waals surface area contributed by atoms with Gasteiger partial charge in [-0.05, 0) is 30.7 Å². The first-order valence-corrected chi connectivity index (χ1v) is 10.9. The predicted octanol–water partition coefficient (Wildman–Crippen LogP) is 2.58. The van der Waals surface area contributed by atoms with Crippen LogP contribution in [0.4, 0.5) is 5.69 Å². The lowest BCUT2D eigenvalue weighted by Crippen LogP contribution is -2.47. The molecule has 0 saturated carbocycles. The molecule has 7 nitrogen and oxygen atoms in total. The molecule has 1 heterocycles. The number of ether oxygens (including phenoxy) is 2. The topological polar surface area (TPSA) is 84.9 Å². The zero-order valence-electron chi connectivity index (χ0n) is 15.5. The Bertz CT molecular complexity index is 980. The van der Waals surface area contributed by atoms with Gasteiger partial charge >= 0.3 is 0 Å². The van der Waals surface area contributed by atoms with Gasteiger partial charge in [0.05, 0.1) is 11.9 Å². The molecule has 1 atom stereocenters. The number of nitrogens with zero attached hydrogens (tertiary/aromatic N) is 1. The number of carbonyl (C=O) groups excluding carboxylic acids is 1. The van der Waals surface area contributed by atoms with E-state index in [0.29, 0.717) is 35.4 Å². The van der Waals surface area contributed by atoms with Crippen LogP contribution in [0.1, 0.15) is 12.5 Å². The van der Waals surface area contributed by atoms with E-state index in [2.05, 4.69) is 5.32 Å². The third-order valence-corrected chi connectivity index (χ3v) is 5.89. The zero-order valence-corrected chi connectivity index (χ0v) is 17.1. The summed E-state index contributed by atoms with van der Waals surface area (Å²) < 4.78 is 36.9. The quantitative estimate of drug-likeness (QED) is 0.770. The maximum atomic E-state index is 12.7. The van der Waals surface area contributed by atoms with Crippen LogP contribution in [0.5, 0.6) is 11.5 Å². The lowest BCUT2D eigenvalue weighted by atomic mass is 10.2. The molecule has 0 fully saturated rings. The molecule has 2 aromatic rings. The van der Waals surface area contributed by atoms with Crippen LogP contribution in [-0.2, 0) is 21.4 Å². The van der Waals surface area contributed by atoms with Crippen LogP contribution >= 0.6 is 11.6 Å². The van der Waals surface area contributed by atoms with Gasteiger partial charge in [0.25, 0.3) is 0 Å². The maximum Gasteiger partial charge on any atom is 0.243 e. The van der Waals surface area contributed by atoms with E-state index in [1.165, 1.54) is 6.92 Å². The van der Waals surface area contributed by atoms with Crippen molar-refractivity contribution < 1.29 is 22.7 Å². The van der Waals surface area contributed by atoms with E-state index in [1.807, 2.05) is 6.07 Å². The minimum atomic E-state index is -3.73. The highest BCUT2D eigenvalue weighted by atomic mass is 35.5. The molecule has 2 aromatic carbocycles. The van der Waals surface area contributed by atoms with Gasteiger partial charge < -0.3 is 14.8 Å². The normalized spacial score (nSPS) is 14.2. The third kappa shape index (κ3) is 4.51. The molecule has 1 amide bonds. The maximum absolute atomic E-state index is 12.7. The standard InChI is InChI=1S/C19H21ClN2O5S/c1-13(19(23)21-12-14-5-3-4-6-16(14)20)22(28(2,24)25)15-7-8-17-18(11-15)27-10-9-26-17/h3-8,11,13H,9-10,12H2,1-2H3,(H,21,23)/t13-/m0/s1. The van der Waals surface area contributed by atoms with Crippen molar-refractivity contribution in [2.24, 2.45) is 0 Å². The van der Waals surface area contributed by atoms with Crippen molar-refractivity contribution in [3.05, 3.63) is 53.1 Å². The van der Waals surface area contributed by atoms with Crippen molar-refractivity contribution in [2.45, 2.75) is 19.5 Å². The largest absolute Gasteiger partial charge is 0.486 e. The molecule has 0 aromatic heterocycles. The summed E-state index contributed by atoms with van der Waals surface area (Å²) in [4.78, 5) is 12.7. The Balaban J connectivity index is 1.81. The molecule has 28 heavy (non-hydrogen) atoms. The number of benzene rings is 2. The Hall–Kier alpha value is -2.45. The SMILES string of the molecule is C[C@@H](C(=O)NCc1ccccc1Cl)N(c1ccc2c(c1)OCCO2)S(C)(=O)=O. The number of rotatable bonds is 6. The number of sulfonamides is 1. The Morgan fingerprint density at radius 3 is 2.54 bits per heavy atom. The number of fused-ring (bicyclic) bond motifs is 1. The van der Waals surface area contributed by atoms with Crippen molar-refractivity contribution in [1.29, 1.82) is 0 Å². The lowest BCUT2D eigenvalue weighted by Gasteiger charge is -2.29. The summed E-state index contributed by atoms with van der Waals surface area (Å²) in [6.45, 7) is 2.54. The van der Waals surface area contributed by atoms with Crippen LogP contribution in [0.3, 0.4) is 0 Å². The fraction of sp³-hybridized carbons (Fsp3) is 0.316. The highest BCUT2D eigenvalue weighted by molar-refractivity contribution is 7.92. The number of hydrogen-bond acceptors (Lipinski definition) is 5. The fourth-order valence-corrected chi connectivity index (χ4v) is 4.32. The van der Waals surface area contributed by atoms with Gasteiger partial charge in [-0.15, -0.1) is 0 Å². The second-order valence-corrected chi connectivity index (χ2v) is 8.64. The summed E-state index contributed by atoms with van der Waals surface area (Å²) in [6.07, 6.45) is 1.06. The van der Waals surface area contributed by atoms with Crippen LogP contribution in [0, 0.1) is 0 Å². The molecule has 1 N–H and O–H groups in total. The Kier molecular flexibility index (Phi) is 6.00. The van der Waals surface area contributed by atoms with Crippen molar-refractivity contribution in [3.63, 3.8) is 0 Å². The first-order valence-electron chi connectivity index (χ1n) is 8.67. The Morgan fingerprint density at radius 2 is 1.86 bits per heavy atom. The molecule has 0 saturated heterocycles. The molecule has 9 heteroatoms. The van der Waals surface area contributed by atoms with Crippen LogP contribution in [0.15, 0.2) is 42.5 Å². The Morgan fingerprint density at radius 1 is 1.18 bits per heavy atom. The van der Waals surface area contributed by atoms with E-state index in [9.17, 15) is 13.2 Å². The molecular weight excluding hydrogens is 404 g/mol. The van der Waals surface area contributed by atoms with Crippen LogP contribution in [0.2, 0.25) is 5.02 Å². The molecule has 3 rings (SSSR count). The van der Waals surface area contributed by atoms with E-state index < -0.39 is 22.0 Å². The van der Waals surface area contributed by atoms with Gasteiger partial charge in [0.1, 0.15) is 19.3 Å². The summed E-state index contributed by atoms with van der Waals surface area (Å²) in [5, 5.41) is 3.27.